The highest BCUT2D eigenvalue weighted by Crippen LogP contribution is 2.52. The van der Waals surface area contributed by atoms with E-state index >= 15 is 0 Å². The maximum absolute atomic E-state index is 6.77. The Hall–Kier alpha value is -7.56. The zero-order valence-electron chi connectivity index (χ0n) is 30.8. The molecule has 1 aliphatic rings. The summed E-state index contributed by atoms with van der Waals surface area (Å²) in [6.45, 7) is 0. The maximum atomic E-state index is 6.77. The molecule has 57 heavy (non-hydrogen) atoms. The molecule has 4 nitrogen and oxygen atoms in total. The van der Waals surface area contributed by atoms with Gasteiger partial charge in [-0.2, -0.15) is 0 Å². The molecular weight excluding hydrogens is 695 g/mol. The monoisotopic (exact) mass is 727 g/mol. The summed E-state index contributed by atoms with van der Waals surface area (Å²) in [5, 5.41) is 4.51. The summed E-state index contributed by atoms with van der Waals surface area (Å²) in [6.07, 6.45) is 0. The topological polar surface area (TPSA) is 43.9 Å². The molecule has 0 spiro atoms. The fraction of sp³-hybridized carbons (Fsp3) is 0.0189. The Balaban J connectivity index is 1.09. The molecular formula is C53H33N3O. The van der Waals surface area contributed by atoms with Crippen molar-refractivity contribution in [1.29, 1.82) is 0 Å². The lowest BCUT2D eigenvalue weighted by molar-refractivity contribution is 0.668. The Bertz CT molecular complexity index is 3290. The molecule has 0 fully saturated rings. The van der Waals surface area contributed by atoms with Crippen molar-refractivity contribution in [2.75, 3.05) is 0 Å². The van der Waals surface area contributed by atoms with Gasteiger partial charge in [0.05, 0.1) is 22.4 Å². The van der Waals surface area contributed by atoms with Crippen LogP contribution in [0.15, 0.2) is 199 Å². The van der Waals surface area contributed by atoms with Crippen LogP contribution in [-0.2, 0) is 0 Å². The van der Waals surface area contributed by atoms with Crippen LogP contribution in [0.2, 0.25) is 0 Å². The van der Waals surface area contributed by atoms with E-state index < -0.39 is 0 Å². The molecule has 11 aromatic rings. The Morgan fingerprint density at radius 3 is 1.88 bits per heavy atom. The first-order chi connectivity index (χ1) is 28.3. The van der Waals surface area contributed by atoms with Crippen LogP contribution in [0.25, 0.3) is 94.5 Å². The van der Waals surface area contributed by atoms with Gasteiger partial charge in [0.1, 0.15) is 11.2 Å². The van der Waals surface area contributed by atoms with Crippen LogP contribution in [0.4, 0.5) is 0 Å². The first-order valence-electron chi connectivity index (χ1n) is 19.4. The van der Waals surface area contributed by atoms with E-state index in [1.165, 1.54) is 49.6 Å². The molecule has 0 aliphatic heterocycles. The van der Waals surface area contributed by atoms with Crippen LogP contribution in [0.3, 0.4) is 0 Å². The minimum absolute atomic E-state index is 0.106. The van der Waals surface area contributed by atoms with E-state index in [1.54, 1.807) is 0 Å². The number of benzene rings is 8. The zero-order chi connectivity index (χ0) is 37.5. The second-order valence-electron chi connectivity index (χ2n) is 14.9. The molecule has 0 radical (unpaired) electrons. The number of hydrogen-bond acceptors (Lipinski definition) is 3. The Morgan fingerprint density at radius 2 is 1.11 bits per heavy atom. The highest BCUT2D eigenvalue weighted by Gasteiger charge is 2.33. The lowest BCUT2D eigenvalue weighted by atomic mass is 9.88. The van der Waals surface area contributed by atoms with Gasteiger partial charge in [0.2, 0.25) is 0 Å². The smallest absolute Gasteiger partial charge is 0.161 e. The molecule has 3 aromatic heterocycles. The summed E-state index contributed by atoms with van der Waals surface area (Å²) in [5.74, 6) is 0.770. The molecule has 8 aromatic carbocycles. The van der Waals surface area contributed by atoms with E-state index in [4.69, 9.17) is 14.4 Å². The van der Waals surface area contributed by atoms with Crippen molar-refractivity contribution in [1.82, 2.24) is 14.5 Å². The van der Waals surface area contributed by atoms with Gasteiger partial charge in [-0.05, 0) is 58.1 Å². The third kappa shape index (κ3) is 4.87. The van der Waals surface area contributed by atoms with Gasteiger partial charge < -0.3 is 8.98 Å². The van der Waals surface area contributed by atoms with Crippen molar-refractivity contribution in [3.8, 4) is 50.7 Å². The molecule has 0 bridgehead atoms. The summed E-state index contributed by atoms with van der Waals surface area (Å²) in [6, 6.07) is 68.9. The molecule has 266 valence electrons. The molecule has 4 heteroatoms. The quantitative estimate of drug-likeness (QED) is 0.177. The molecule has 1 aliphatic carbocycles. The number of hydrogen-bond donors (Lipinski definition) is 0. The van der Waals surface area contributed by atoms with Crippen LogP contribution in [0.1, 0.15) is 22.6 Å². The zero-order valence-corrected chi connectivity index (χ0v) is 30.8. The fourth-order valence-electron chi connectivity index (χ4n) is 9.24. The van der Waals surface area contributed by atoms with Crippen molar-refractivity contribution in [3.05, 3.63) is 211 Å². The fourth-order valence-corrected chi connectivity index (χ4v) is 9.24. The van der Waals surface area contributed by atoms with Crippen LogP contribution in [0, 0.1) is 0 Å². The first-order valence-corrected chi connectivity index (χ1v) is 19.4. The number of rotatable bonds is 5. The van der Waals surface area contributed by atoms with Crippen LogP contribution in [-0.4, -0.2) is 14.5 Å². The molecule has 12 rings (SSSR count). The van der Waals surface area contributed by atoms with Gasteiger partial charge in [-0.25, -0.2) is 9.97 Å². The molecule has 0 saturated carbocycles. The Kier molecular flexibility index (Phi) is 6.96. The van der Waals surface area contributed by atoms with Crippen LogP contribution < -0.4 is 0 Å². The lowest BCUT2D eigenvalue weighted by Crippen LogP contribution is -2.03. The molecule has 0 unspecified atom stereocenters. The summed E-state index contributed by atoms with van der Waals surface area (Å²) in [5.41, 5.74) is 16.4. The van der Waals surface area contributed by atoms with E-state index in [0.717, 1.165) is 55.7 Å². The Morgan fingerprint density at radius 1 is 0.456 bits per heavy atom. The molecule has 0 saturated heterocycles. The average Bonchev–Trinajstić information content (AvgIpc) is 3.94. The minimum Gasteiger partial charge on any atom is -0.456 e. The van der Waals surface area contributed by atoms with Gasteiger partial charge >= 0.3 is 0 Å². The van der Waals surface area contributed by atoms with Crippen molar-refractivity contribution in [2.24, 2.45) is 0 Å². The predicted octanol–water partition coefficient (Wildman–Crippen LogP) is 13.6. The second-order valence-corrected chi connectivity index (χ2v) is 14.9. The predicted molar refractivity (Wildman–Crippen MR) is 233 cm³/mol. The molecule has 0 amide bonds. The maximum Gasteiger partial charge on any atom is 0.161 e. The molecule has 3 heterocycles. The minimum atomic E-state index is 0.106. The number of furan rings is 1. The third-order valence-electron chi connectivity index (χ3n) is 11.7. The SMILES string of the molecule is c1ccc(-c2cc(-c3ccccc3)nc(-c3cccc4oc5cc(-n6c7ccccc7c7ccc8c(c76)[C@@H](c6ccccc6)c6ccccc6-8)ccc5c34)n2)cc1. The van der Waals surface area contributed by atoms with Gasteiger partial charge in [0.15, 0.2) is 5.82 Å². The van der Waals surface area contributed by atoms with E-state index in [0.29, 0.717) is 5.82 Å². The van der Waals surface area contributed by atoms with Crippen molar-refractivity contribution in [3.63, 3.8) is 0 Å². The third-order valence-corrected chi connectivity index (χ3v) is 11.7. The second kappa shape index (κ2) is 12.5. The lowest BCUT2D eigenvalue weighted by Gasteiger charge is -2.18. The number of aromatic nitrogens is 3. The largest absolute Gasteiger partial charge is 0.456 e. The van der Waals surface area contributed by atoms with E-state index in [9.17, 15) is 0 Å². The number of para-hydroxylation sites is 1. The normalized spacial score (nSPS) is 13.4. The van der Waals surface area contributed by atoms with Gasteiger partial charge in [-0.15, -0.1) is 0 Å². The van der Waals surface area contributed by atoms with Gasteiger partial charge in [-0.1, -0.05) is 158 Å². The molecule has 1 atom stereocenters. The van der Waals surface area contributed by atoms with Gasteiger partial charge in [-0.3, -0.25) is 0 Å². The summed E-state index contributed by atoms with van der Waals surface area (Å²) in [4.78, 5) is 10.4. The van der Waals surface area contributed by atoms with E-state index in [2.05, 4.69) is 150 Å². The highest BCUT2D eigenvalue weighted by atomic mass is 16.3. The van der Waals surface area contributed by atoms with Gasteiger partial charge in [0.25, 0.3) is 0 Å². The van der Waals surface area contributed by atoms with Crippen molar-refractivity contribution >= 4 is 43.7 Å². The van der Waals surface area contributed by atoms with Crippen LogP contribution >= 0.6 is 0 Å². The highest BCUT2D eigenvalue weighted by molar-refractivity contribution is 6.15. The summed E-state index contributed by atoms with van der Waals surface area (Å²) < 4.78 is 9.23. The average molecular weight is 728 g/mol. The first kappa shape index (κ1) is 31.8. The summed E-state index contributed by atoms with van der Waals surface area (Å²) in [7, 11) is 0. The van der Waals surface area contributed by atoms with Crippen molar-refractivity contribution < 1.29 is 4.42 Å². The number of nitrogens with zero attached hydrogens (tertiary/aromatic N) is 3. The van der Waals surface area contributed by atoms with Crippen molar-refractivity contribution in [2.45, 2.75) is 5.92 Å². The standard InChI is InChI=1S/C53H33N3O/c1-4-15-33(16-5-1)44-32-45(34-17-6-2-7-18-34)55-53(54-44)43-24-14-26-47-50(43)42-28-27-36(31-48(42)57-47)56-46-25-13-12-22-38(46)41-30-29-40-37-21-10-11-23-39(37)49(51(40)52(41)56)35-19-8-3-9-20-35/h1-32,49H/t49-/m0/s1. The van der Waals surface area contributed by atoms with E-state index in [1.807, 2.05) is 48.5 Å². The summed E-state index contributed by atoms with van der Waals surface area (Å²) >= 11 is 0. The number of fused-ring (bicyclic) bond motifs is 10. The molecule has 0 N–H and O–H groups in total. The van der Waals surface area contributed by atoms with E-state index in [-0.39, 0.29) is 5.92 Å². The van der Waals surface area contributed by atoms with Gasteiger partial charge in [0, 0.05) is 55.9 Å². The Labute approximate surface area is 329 Å². The van der Waals surface area contributed by atoms with Crippen LogP contribution in [0.5, 0.6) is 0 Å².